The van der Waals surface area contributed by atoms with Crippen LogP contribution in [0.4, 0.5) is 0 Å². The number of aliphatic hydroxyl groups is 20. The van der Waals surface area contributed by atoms with Crippen molar-refractivity contribution in [2.24, 2.45) is 0 Å². The smallest absolute Gasteiger partial charge is 0.217 e. The predicted octanol–water partition coefficient (Wildman–Crippen LogP) is -16.1. The largest absolute Gasteiger partial charge is 0.394 e. The monoisotopic (exact) mass is 1320 g/mol. The number of carbonyl (C=O) groups excluding carboxylic acids is 4. The molecule has 4 amide bonds. The molecule has 6 fully saturated rings. The molecule has 40 heteroatoms. The van der Waals surface area contributed by atoms with Crippen LogP contribution >= 0.6 is 0 Å². The molecule has 0 aromatic rings. The van der Waals surface area contributed by atoms with Gasteiger partial charge >= 0.3 is 0 Å². The summed E-state index contributed by atoms with van der Waals surface area (Å²) in [6, 6.07) is -6.92. The summed E-state index contributed by atoms with van der Waals surface area (Å²) in [6.45, 7) is -4.47. The maximum absolute atomic E-state index is 12.8. The Hall–Kier alpha value is -3.40. The summed E-state index contributed by atoms with van der Waals surface area (Å²) in [6.07, 6.45) is -61.4. The summed E-state index contributed by atoms with van der Waals surface area (Å²) in [5.74, 6) is -3.36. The van der Waals surface area contributed by atoms with Gasteiger partial charge in [-0.1, -0.05) is 0 Å². The molecule has 6 heterocycles. The summed E-state index contributed by atoms with van der Waals surface area (Å²) in [4.78, 5) is 49.4. The molecule has 0 spiro atoms. The zero-order valence-corrected chi connectivity index (χ0v) is 48.8. The van der Waals surface area contributed by atoms with Crippen molar-refractivity contribution in [2.75, 3.05) is 52.9 Å². The highest BCUT2D eigenvalue weighted by Crippen LogP contribution is 2.37. The minimum Gasteiger partial charge on any atom is -0.394 e. The van der Waals surface area contributed by atoms with Crippen molar-refractivity contribution in [1.82, 2.24) is 21.3 Å². The summed E-state index contributed by atoms with van der Waals surface area (Å²) < 4.78 is 70.9. The summed E-state index contributed by atoms with van der Waals surface area (Å²) in [5, 5.41) is 228. The molecule has 0 aromatic carbocycles. The number of nitrogens with one attached hydrogen (secondary N) is 4. The van der Waals surface area contributed by atoms with E-state index in [1.54, 1.807) is 0 Å². The van der Waals surface area contributed by atoms with Gasteiger partial charge in [-0.3, -0.25) is 19.2 Å². The number of rotatable bonds is 27. The van der Waals surface area contributed by atoms with Gasteiger partial charge in [-0.25, -0.2) is 0 Å². The maximum atomic E-state index is 12.8. The van der Waals surface area contributed by atoms with Gasteiger partial charge < -0.3 is 180 Å². The molecule has 40 nitrogen and oxygen atoms in total. The highest BCUT2D eigenvalue weighted by molar-refractivity contribution is 5.74. The fourth-order valence-corrected chi connectivity index (χ4v) is 11.1. The number of aliphatic hydroxyl groups excluding tert-OH is 20. The Kier molecular flexibility index (Phi) is 28.4. The number of amides is 4. The van der Waals surface area contributed by atoms with Gasteiger partial charge in [-0.2, -0.15) is 0 Å². The second kappa shape index (κ2) is 33.8. The molecule has 0 radical (unpaired) electrons. The molecule has 34 atom stereocenters. The average molecular weight is 1320 g/mol. The molecule has 6 unspecified atom stereocenters. The van der Waals surface area contributed by atoms with Crippen molar-refractivity contribution in [3.8, 4) is 0 Å². The van der Waals surface area contributed by atoms with Crippen LogP contribution in [-0.4, -0.2) is 387 Å². The van der Waals surface area contributed by atoms with Gasteiger partial charge in [0.05, 0.1) is 58.9 Å². The van der Waals surface area contributed by atoms with E-state index in [2.05, 4.69) is 21.3 Å². The third-order valence-electron chi connectivity index (χ3n) is 15.8. The van der Waals surface area contributed by atoms with Gasteiger partial charge in [0.1, 0.15) is 165 Å². The fraction of sp³-hybridized carbons (Fsp3) is 0.920. The zero-order chi connectivity index (χ0) is 66.9. The molecule has 0 aromatic heterocycles. The number of ether oxygens (including phenoxy) is 12. The lowest BCUT2D eigenvalue weighted by Gasteiger charge is -2.50. The van der Waals surface area contributed by atoms with Crippen molar-refractivity contribution in [2.45, 2.75) is 236 Å². The van der Waals surface area contributed by atoms with Crippen LogP contribution in [0.3, 0.4) is 0 Å². The lowest BCUT2D eigenvalue weighted by Crippen LogP contribution is -2.70. The summed E-state index contributed by atoms with van der Waals surface area (Å²) >= 11 is 0. The Morgan fingerprint density at radius 1 is 0.378 bits per heavy atom. The zero-order valence-electron chi connectivity index (χ0n) is 48.8. The molecule has 6 rings (SSSR count). The lowest BCUT2D eigenvalue weighted by molar-refractivity contribution is -0.395. The first kappa shape index (κ1) is 75.6. The molecule has 90 heavy (non-hydrogen) atoms. The Bertz CT molecular complexity index is 2260. The molecule has 6 aliphatic rings. The van der Waals surface area contributed by atoms with E-state index in [-0.39, 0.29) is 0 Å². The van der Waals surface area contributed by atoms with E-state index in [1.807, 2.05) is 0 Å². The first-order valence-corrected chi connectivity index (χ1v) is 28.5. The maximum Gasteiger partial charge on any atom is 0.217 e. The van der Waals surface area contributed by atoms with Crippen LogP contribution in [0, 0.1) is 0 Å². The second-order valence-electron chi connectivity index (χ2n) is 22.3. The Labute approximate surface area is 511 Å². The minimum absolute atomic E-state index is 0.777. The molecule has 6 saturated heterocycles. The molecular weight excluding hydrogens is 1230 g/mol. The van der Waals surface area contributed by atoms with Crippen molar-refractivity contribution >= 4 is 23.6 Å². The van der Waals surface area contributed by atoms with Crippen LogP contribution in [0.15, 0.2) is 0 Å². The highest BCUT2D eigenvalue weighted by Gasteiger charge is 2.58. The summed E-state index contributed by atoms with van der Waals surface area (Å²) in [7, 11) is 0. The van der Waals surface area contributed by atoms with Gasteiger partial charge in [0.2, 0.25) is 23.6 Å². The van der Waals surface area contributed by atoms with Crippen LogP contribution in [0.5, 0.6) is 0 Å². The Balaban J connectivity index is 1.40. The van der Waals surface area contributed by atoms with E-state index in [0.29, 0.717) is 0 Å². The second-order valence-corrected chi connectivity index (χ2v) is 22.3. The number of hydrogen-bond donors (Lipinski definition) is 24. The first-order chi connectivity index (χ1) is 42.5. The van der Waals surface area contributed by atoms with E-state index in [9.17, 15) is 121 Å². The van der Waals surface area contributed by atoms with Crippen molar-refractivity contribution in [1.29, 1.82) is 0 Å². The normalized spacial score (nSPS) is 43.9. The van der Waals surface area contributed by atoms with Crippen molar-refractivity contribution in [3.63, 3.8) is 0 Å². The van der Waals surface area contributed by atoms with Gasteiger partial charge in [0, 0.05) is 27.7 Å². The number of carbonyl (C=O) groups is 4. The van der Waals surface area contributed by atoms with E-state index >= 15 is 0 Å². The highest BCUT2D eigenvalue weighted by atomic mass is 16.8. The first-order valence-electron chi connectivity index (χ1n) is 28.5. The Morgan fingerprint density at radius 2 is 0.756 bits per heavy atom. The van der Waals surface area contributed by atoms with Gasteiger partial charge in [-0.15, -0.1) is 0 Å². The summed E-state index contributed by atoms with van der Waals surface area (Å²) in [5.41, 5.74) is 0. The Morgan fingerprint density at radius 3 is 1.18 bits per heavy atom. The SMILES string of the molecule is CC(=O)N[C@@H](CO)[C@@H](O)[C@H](OC1O[C@H](CO)[C@@H](OC2O[C@H](COC3O[C@H](CO)[C@@H](O)[C@H](O)[C@@H]3OC3O[C@H](CO)[C@@H](O)[C@H](O)[C@H]3NC(C)=O)[C@@H](O)[C@H](OC3O[C@H](CO)[C@@H](O)[C@H](O)[C@@H]3OC3O[C@H](CO)[C@@H](O)[C@H](O)[C@H]3NC(C)=O)[C@@H]2O)[C@H](O)[C@H]1NC(C)=O)[C@H](O)CO. The van der Waals surface area contributed by atoms with Crippen LogP contribution in [0.1, 0.15) is 27.7 Å². The number of hydrogen-bond acceptors (Lipinski definition) is 36. The third-order valence-corrected chi connectivity index (χ3v) is 15.8. The van der Waals surface area contributed by atoms with E-state index < -0.39 is 285 Å². The van der Waals surface area contributed by atoms with Crippen LogP contribution in [-0.2, 0) is 76.0 Å². The van der Waals surface area contributed by atoms with E-state index in [0.717, 1.165) is 27.7 Å². The van der Waals surface area contributed by atoms with Gasteiger partial charge in [-0.05, 0) is 0 Å². The predicted molar refractivity (Wildman–Crippen MR) is 280 cm³/mol. The van der Waals surface area contributed by atoms with Gasteiger partial charge in [0.25, 0.3) is 0 Å². The molecule has 6 aliphatic heterocycles. The van der Waals surface area contributed by atoms with Gasteiger partial charge in [0.15, 0.2) is 37.7 Å². The molecule has 0 aliphatic carbocycles. The minimum atomic E-state index is -2.47. The average Bonchev–Trinajstić information content (AvgIpc) is 0.834. The van der Waals surface area contributed by atoms with E-state index in [4.69, 9.17) is 56.8 Å². The van der Waals surface area contributed by atoms with Crippen LogP contribution < -0.4 is 21.3 Å². The molecule has 522 valence electrons. The topological polar surface area (TPSA) is 632 Å². The quantitative estimate of drug-likeness (QED) is 0.0363. The molecule has 0 saturated carbocycles. The van der Waals surface area contributed by atoms with Crippen LogP contribution in [0.2, 0.25) is 0 Å². The van der Waals surface area contributed by atoms with E-state index in [1.165, 1.54) is 0 Å². The fourth-order valence-electron chi connectivity index (χ4n) is 11.1. The molecular formula is C50H86N4O36. The van der Waals surface area contributed by atoms with Crippen LogP contribution in [0.25, 0.3) is 0 Å². The van der Waals surface area contributed by atoms with Crippen molar-refractivity contribution < 1.29 is 178 Å². The molecule has 24 N–H and O–H groups in total. The third kappa shape index (κ3) is 17.5. The van der Waals surface area contributed by atoms with Crippen molar-refractivity contribution in [3.05, 3.63) is 0 Å². The lowest BCUT2D eigenvalue weighted by atomic mass is 9.94. The molecule has 0 bridgehead atoms. The standard InChI is InChI=1S/C50H86N4O36/c1-13(62)51-17(5-55)28(67)40(18(66)6-56)86-47-27(54-16(4)65)36(75)41(23(11-61)84-47)87-48-39(78)42(88-50-44(38(77)32(71)22(10-60)83-50)90-46-26(53-15(3)64)35(74)30(69)20(8-58)81-46)33(72)24(85-48)12-79-49-43(37(76)31(70)21(9-59)82-49)89-45-25(52-14(2)63)34(73)29(68)19(7-57)80-45/h17-50,55-61,66-78H,5-12H2,1-4H3,(H,51,62)(H,52,63)(H,53,64)(H,54,65)/t17-,18+,19+,20+,21+,22+,23+,24+,25+,26+,27+,28+,29+,30+,31+,32+,33+,34+,35+,36+,37-,38-,39-,40+,41+,42-,43-,44-,45?,46?,47?,48?,49?,50?/m0/s1.